The molecule has 0 saturated carbocycles. The summed E-state index contributed by atoms with van der Waals surface area (Å²) in [6.07, 6.45) is 1.33. The molecular formula is C19H22BrNO2. The van der Waals surface area contributed by atoms with Crippen LogP contribution in [0.15, 0.2) is 59.1 Å². The van der Waals surface area contributed by atoms with Gasteiger partial charge in [0.25, 0.3) is 5.91 Å². The fraction of sp³-hybridized carbons (Fsp3) is 0.316. The number of aryl methyl sites for hydroxylation is 1. The molecule has 0 aliphatic rings. The molecule has 0 fully saturated rings. The minimum absolute atomic E-state index is 0.0894. The lowest BCUT2D eigenvalue weighted by Crippen LogP contribution is -2.41. The molecule has 2 atom stereocenters. The molecule has 1 amide bonds. The van der Waals surface area contributed by atoms with Gasteiger partial charge in [-0.3, -0.25) is 4.79 Å². The van der Waals surface area contributed by atoms with E-state index >= 15 is 0 Å². The largest absolute Gasteiger partial charge is 0.481 e. The second-order valence-electron chi connectivity index (χ2n) is 5.65. The maximum absolute atomic E-state index is 12.2. The predicted molar refractivity (Wildman–Crippen MR) is 96.6 cm³/mol. The van der Waals surface area contributed by atoms with Crippen molar-refractivity contribution in [3.63, 3.8) is 0 Å². The highest BCUT2D eigenvalue weighted by Gasteiger charge is 2.16. The van der Waals surface area contributed by atoms with Crippen molar-refractivity contribution in [2.45, 2.75) is 38.8 Å². The van der Waals surface area contributed by atoms with Crippen LogP contribution >= 0.6 is 15.9 Å². The highest BCUT2D eigenvalue weighted by molar-refractivity contribution is 9.10. The topological polar surface area (TPSA) is 38.3 Å². The Hall–Kier alpha value is -1.81. The summed E-state index contributed by atoms with van der Waals surface area (Å²) in [6.45, 7) is 3.79. The van der Waals surface area contributed by atoms with Gasteiger partial charge in [0, 0.05) is 10.5 Å². The second kappa shape index (κ2) is 8.73. The maximum atomic E-state index is 12.2. The molecule has 0 radical (unpaired) electrons. The van der Waals surface area contributed by atoms with E-state index < -0.39 is 6.10 Å². The van der Waals surface area contributed by atoms with Gasteiger partial charge in [-0.25, -0.2) is 0 Å². The molecule has 0 spiro atoms. The van der Waals surface area contributed by atoms with Gasteiger partial charge in [-0.2, -0.15) is 0 Å². The molecule has 3 nitrogen and oxygen atoms in total. The Labute approximate surface area is 146 Å². The number of rotatable bonds is 7. The highest BCUT2D eigenvalue weighted by atomic mass is 79.9. The standard InChI is InChI=1S/C19H22BrNO2/c1-14(8-9-16-6-4-3-5-7-16)21-19(22)15(2)23-18-12-10-17(20)11-13-18/h3-7,10-15H,8-9H2,1-2H3,(H,21,22)/t14-,15-/m0/s1. The van der Waals surface area contributed by atoms with Crippen molar-refractivity contribution in [3.8, 4) is 5.75 Å². The van der Waals surface area contributed by atoms with Crippen molar-refractivity contribution in [2.75, 3.05) is 0 Å². The van der Waals surface area contributed by atoms with Crippen LogP contribution < -0.4 is 10.1 Å². The second-order valence-corrected chi connectivity index (χ2v) is 6.56. The van der Waals surface area contributed by atoms with Gasteiger partial charge in [0.2, 0.25) is 0 Å². The van der Waals surface area contributed by atoms with E-state index in [1.165, 1.54) is 5.56 Å². The first-order valence-electron chi connectivity index (χ1n) is 7.81. The number of carbonyl (C=O) groups is 1. The number of carbonyl (C=O) groups excluding carboxylic acids is 1. The Morgan fingerprint density at radius 3 is 2.39 bits per heavy atom. The molecule has 2 aromatic carbocycles. The predicted octanol–water partition coefficient (Wildman–Crippen LogP) is 4.35. The van der Waals surface area contributed by atoms with Gasteiger partial charge in [0.05, 0.1) is 0 Å². The molecule has 0 unspecified atom stereocenters. The Bertz CT molecular complexity index is 613. The molecule has 1 N–H and O–H groups in total. The van der Waals surface area contributed by atoms with E-state index in [1.807, 2.05) is 49.4 Å². The van der Waals surface area contributed by atoms with Crippen LogP contribution in [0.25, 0.3) is 0 Å². The molecule has 2 aromatic rings. The van der Waals surface area contributed by atoms with Gasteiger partial charge in [-0.05, 0) is 56.5 Å². The monoisotopic (exact) mass is 375 g/mol. The SMILES string of the molecule is C[C@H](Oc1ccc(Br)cc1)C(=O)N[C@@H](C)CCc1ccccc1. The summed E-state index contributed by atoms with van der Waals surface area (Å²) < 4.78 is 6.64. The van der Waals surface area contributed by atoms with Crippen LogP contribution in [0.1, 0.15) is 25.8 Å². The molecule has 0 bridgehead atoms. The molecule has 0 saturated heterocycles. The van der Waals surface area contributed by atoms with Crippen molar-refractivity contribution >= 4 is 21.8 Å². The van der Waals surface area contributed by atoms with Crippen LogP contribution in [0, 0.1) is 0 Å². The van der Waals surface area contributed by atoms with Gasteiger partial charge in [-0.1, -0.05) is 46.3 Å². The normalized spacial score (nSPS) is 13.2. The zero-order valence-corrected chi connectivity index (χ0v) is 15.0. The number of nitrogens with one attached hydrogen (secondary N) is 1. The fourth-order valence-electron chi connectivity index (χ4n) is 2.23. The van der Waals surface area contributed by atoms with Crippen molar-refractivity contribution in [1.29, 1.82) is 0 Å². The zero-order chi connectivity index (χ0) is 16.7. The molecular weight excluding hydrogens is 354 g/mol. The van der Waals surface area contributed by atoms with E-state index in [2.05, 4.69) is 33.4 Å². The quantitative estimate of drug-likeness (QED) is 0.780. The van der Waals surface area contributed by atoms with Crippen molar-refractivity contribution < 1.29 is 9.53 Å². The highest BCUT2D eigenvalue weighted by Crippen LogP contribution is 2.17. The molecule has 0 heterocycles. The molecule has 0 aliphatic heterocycles. The van der Waals surface area contributed by atoms with E-state index in [1.54, 1.807) is 6.92 Å². The lowest BCUT2D eigenvalue weighted by atomic mass is 10.1. The number of hydrogen-bond donors (Lipinski definition) is 1. The summed E-state index contributed by atoms with van der Waals surface area (Å²) in [5.74, 6) is 0.598. The van der Waals surface area contributed by atoms with E-state index in [0.717, 1.165) is 17.3 Å². The summed E-state index contributed by atoms with van der Waals surface area (Å²) in [4.78, 5) is 12.2. The Balaban J connectivity index is 1.77. The Morgan fingerprint density at radius 1 is 1.09 bits per heavy atom. The first-order valence-corrected chi connectivity index (χ1v) is 8.60. The maximum Gasteiger partial charge on any atom is 0.260 e. The Kier molecular flexibility index (Phi) is 6.66. The summed E-state index contributed by atoms with van der Waals surface area (Å²) in [6, 6.07) is 17.9. The number of amides is 1. The summed E-state index contributed by atoms with van der Waals surface area (Å²) >= 11 is 3.37. The number of ether oxygens (including phenoxy) is 1. The van der Waals surface area contributed by atoms with Crippen molar-refractivity contribution in [1.82, 2.24) is 5.32 Å². The number of benzene rings is 2. The van der Waals surface area contributed by atoms with Crippen LogP contribution in [-0.4, -0.2) is 18.1 Å². The van der Waals surface area contributed by atoms with Gasteiger partial charge < -0.3 is 10.1 Å². The Morgan fingerprint density at radius 2 is 1.74 bits per heavy atom. The minimum atomic E-state index is -0.518. The molecule has 0 aromatic heterocycles. The van der Waals surface area contributed by atoms with Gasteiger partial charge >= 0.3 is 0 Å². The average molecular weight is 376 g/mol. The smallest absolute Gasteiger partial charge is 0.260 e. The lowest BCUT2D eigenvalue weighted by Gasteiger charge is -2.19. The fourth-order valence-corrected chi connectivity index (χ4v) is 2.50. The van der Waals surface area contributed by atoms with Crippen molar-refractivity contribution in [3.05, 3.63) is 64.6 Å². The van der Waals surface area contributed by atoms with Crippen LogP contribution in [-0.2, 0) is 11.2 Å². The molecule has 2 rings (SSSR count). The van der Waals surface area contributed by atoms with Gasteiger partial charge in [0.15, 0.2) is 6.10 Å². The summed E-state index contributed by atoms with van der Waals surface area (Å²) in [5.41, 5.74) is 1.28. The minimum Gasteiger partial charge on any atom is -0.481 e. The lowest BCUT2D eigenvalue weighted by molar-refractivity contribution is -0.127. The third-order valence-corrected chi connectivity index (χ3v) is 4.12. The van der Waals surface area contributed by atoms with E-state index in [9.17, 15) is 4.79 Å². The third-order valence-electron chi connectivity index (χ3n) is 3.59. The molecule has 0 aliphatic carbocycles. The third kappa shape index (κ3) is 6.06. The van der Waals surface area contributed by atoms with Gasteiger partial charge in [0.1, 0.15) is 5.75 Å². The first-order chi connectivity index (χ1) is 11.0. The molecule has 23 heavy (non-hydrogen) atoms. The van der Waals surface area contributed by atoms with Crippen LogP contribution in [0.5, 0.6) is 5.75 Å². The van der Waals surface area contributed by atoms with E-state index in [0.29, 0.717) is 5.75 Å². The number of halogens is 1. The summed E-state index contributed by atoms with van der Waals surface area (Å²) in [5, 5.41) is 3.01. The molecule has 122 valence electrons. The van der Waals surface area contributed by atoms with Crippen LogP contribution in [0.4, 0.5) is 0 Å². The van der Waals surface area contributed by atoms with E-state index in [-0.39, 0.29) is 11.9 Å². The van der Waals surface area contributed by atoms with E-state index in [4.69, 9.17) is 4.74 Å². The van der Waals surface area contributed by atoms with Gasteiger partial charge in [-0.15, -0.1) is 0 Å². The first kappa shape index (κ1) is 17.5. The zero-order valence-electron chi connectivity index (χ0n) is 13.5. The van der Waals surface area contributed by atoms with Crippen LogP contribution in [0.3, 0.4) is 0 Å². The number of hydrogen-bond acceptors (Lipinski definition) is 2. The van der Waals surface area contributed by atoms with Crippen LogP contribution in [0.2, 0.25) is 0 Å². The average Bonchev–Trinajstić information content (AvgIpc) is 2.56. The summed E-state index contributed by atoms with van der Waals surface area (Å²) in [7, 11) is 0. The molecule has 4 heteroatoms. The van der Waals surface area contributed by atoms with Crippen molar-refractivity contribution in [2.24, 2.45) is 0 Å².